The lowest BCUT2D eigenvalue weighted by molar-refractivity contribution is -0.142. The molecule has 0 unspecified atom stereocenters. The van der Waals surface area contributed by atoms with Gasteiger partial charge < -0.3 is 36.8 Å². The van der Waals surface area contributed by atoms with Crippen LogP contribution in [-0.2, 0) is 20.8 Å². The molecule has 0 aliphatic rings. The van der Waals surface area contributed by atoms with E-state index in [0.717, 1.165) is 18.2 Å². The normalized spacial score (nSPS) is 13.3. The van der Waals surface area contributed by atoms with E-state index >= 15 is 0 Å². The number of hydrogen-bond donors (Lipinski definition) is 7. The molecule has 0 bridgehead atoms. The number of aromatic hydroxyl groups is 3. The van der Waals surface area contributed by atoms with E-state index in [1.54, 1.807) is 30.3 Å². The molecule has 0 radical (unpaired) electrons. The fourth-order valence-electron chi connectivity index (χ4n) is 3.45. The summed E-state index contributed by atoms with van der Waals surface area (Å²) in [6, 6.07) is 13.6. The summed E-state index contributed by atoms with van der Waals surface area (Å²) in [7, 11) is 0. The van der Waals surface area contributed by atoms with Crippen LogP contribution in [0.1, 0.15) is 28.8 Å². The largest absolute Gasteiger partial charge is 0.508 e. The van der Waals surface area contributed by atoms with Crippen LogP contribution in [0, 0.1) is 0 Å². The van der Waals surface area contributed by atoms with Crippen LogP contribution >= 0.6 is 0 Å². The van der Waals surface area contributed by atoms with E-state index in [1.165, 1.54) is 24.3 Å². The molecule has 35 heavy (non-hydrogen) atoms. The SMILES string of the molecule is N[C@@H](C(=O)N[C@H](C(=O)N[C@@H](Cc1ccc(O)cc1)C(=O)O)c1cc(O)cc(O)c1)c1ccccc1. The maximum absolute atomic E-state index is 13.2. The lowest BCUT2D eigenvalue weighted by Crippen LogP contribution is -2.49. The molecule has 3 aromatic rings. The molecule has 0 fully saturated rings. The molecule has 182 valence electrons. The van der Waals surface area contributed by atoms with Crippen LogP contribution in [0.15, 0.2) is 72.8 Å². The monoisotopic (exact) mass is 479 g/mol. The number of nitrogens with one attached hydrogen (secondary N) is 2. The molecule has 0 spiro atoms. The van der Waals surface area contributed by atoms with Crippen molar-refractivity contribution in [1.29, 1.82) is 0 Å². The van der Waals surface area contributed by atoms with E-state index in [-0.39, 0.29) is 29.2 Å². The van der Waals surface area contributed by atoms with Gasteiger partial charge >= 0.3 is 5.97 Å². The third kappa shape index (κ3) is 6.71. The summed E-state index contributed by atoms with van der Waals surface area (Å²) in [6.07, 6.45) is -0.100. The number of benzene rings is 3. The highest BCUT2D eigenvalue weighted by molar-refractivity contribution is 5.93. The zero-order chi connectivity index (χ0) is 25.5. The first kappa shape index (κ1) is 25.1. The molecule has 0 aromatic heterocycles. The van der Waals surface area contributed by atoms with Crippen molar-refractivity contribution in [1.82, 2.24) is 10.6 Å². The Labute approximate surface area is 200 Å². The van der Waals surface area contributed by atoms with Gasteiger partial charge in [0.15, 0.2) is 0 Å². The molecule has 8 N–H and O–H groups in total. The molecule has 0 aliphatic heterocycles. The summed E-state index contributed by atoms with van der Waals surface area (Å²) >= 11 is 0. The zero-order valence-corrected chi connectivity index (χ0v) is 18.5. The fraction of sp³-hybridized carbons (Fsp3) is 0.160. The molecule has 2 amide bonds. The van der Waals surface area contributed by atoms with Gasteiger partial charge in [-0.3, -0.25) is 9.59 Å². The third-order valence-corrected chi connectivity index (χ3v) is 5.24. The lowest BCUT2D eigenvalue weighted by Gasteiger charge is -2.23. The number of carboxylic acids is 1. The summed E-state index contributed by atoms with van der Waals surface area (Å²) in [5.41, 5.74) is 7.07. The molecule has 0 saturated heterocycles. The molecule has 3 aromatic carbocycles. The Kier molecular flexibility index (Phi) is 7.90. The van der Waals surface area contributed by atoms with Crippen LogP contribution in [0.4, 0.5) is 0 Å². The van der Waals surface area contributed by atoms with Crippen LogP contribution in [0.2, 0.25) is 0 Å². The maximum atomic E-state index is 13.2. The molecule has 0 aliphatic carbocycles. The van der Waals surface area contributed by atoms with Crippen LogP contribution in [0.5, 0.6) is 17.2 Å². The molecular weight excluding hydrogens is 454 g/mol. The van der Waals surface area contributed by atoms with Crippen molar-refractivity contribution in [2.24, 2.45) is 5.73 Å². The van der Waals surface area contributed by atoms with Gasteiger partial charge in [0.1, 0.15) is 35.4 Å². The van der Waals surface area contributed by atoms with E-state index in [0.29, 0.717) is 11.1 Å². The minimum absolute atomic E-state index is 0.00545. The highest BCUT2D eigenvalue weighted by Crippen LogP contribution is 2.26. The molecular formula is C25H25N3O7. The smallest absolute Gasteiger partial charge is 0.326 e. The number of phenolic OH excluding ortho intramolecular Hbond substituents is 3. The first-order valence-corrected chi connectivity index (χ1v) is 10.6. The molecule has 0 heterocycles. The summed E-state index contributed by atoms with van der Waals surface area (Å²) in [5, 5.41) is 43.7. The van der Waals surface area contributed by atoms with Gasteiger partial charge in [0.05, 0.1) is 0 Å². The van der Waals surface area contributed by atoms with Crippen LogP contribution in [0.3, 0.4) is 0 Å². The molecule has 0 saturated carbocycles. The van der Waals surface area contributed by atoms with Crippen molar-refractivity contribution in [3.63, 3.8) is 0 Å². The van der Waals surface area contributed by atoms with Gasteiger partial charge in [-0.05, 0) is 41.0 Å². The van der Waals surface area contributed by atoms with Crippen molar-refractivity contribution in [2.45, 2.75) is 24.5 Å². The second-order valence-corrected chi connectivity index (χ2v) is 7.88. The van der Waals surface area contributed by atoms with Gasteiger partial charge in [-0.15, -0.1) is 0 Å². The highest BCUT2D eigenvalue weighted by Gasteiger charge is 2.30. The number of nitrogens with two attached hydrogens (primary N) is 1. The van der Waals surface area contributed by atoms with E-state index in [2.05, 4.69) is 10.6 Å². The van der Waals surface area contributed by atoms with Gasteiger partial charge in [0, 0.05) is 12.5 Å². The summed E-state index contributed by atoms with van der Waals surface area (Å²) in [6.45, 7) is 0. The Hall–Kier alpha value is -4.57. The van der Waals surface area contributed by atoms with Crippen molar-refractivity contribution in [3.05, 3.63) is 89.5 Å². The third-order valence-electron chi connectivity index (χ3n) is 5.24. The van der Waals surface area contributed by atoms with Crippen molar-refractivity contribution < 1.29 is 34.8 Å². The Morgan fingerprint density at radius 3 is 1.91 bits per heavy atom. The van der Waals surface area contributed by atoms with Crippen LogP contribution in [0.25, 0.3) is 0 Å². The Balaban J connectivity index is 1.86. The van der Waals surface area contributed by atoms with E-state index in [1.807, 2.05) is 0 Å². The second-order valence-electron chi connectivity index (χ2n) is 7.88. The first-order chi connectivity index (χ1) is 16.6. The van der Waals surface area contributed by atoms with Gasteiger partial charge in [-0.25, -0.2) is 4.79 Å². The predicted molar refractivity (Wildman–Crippen MR) is 125 cm³/mol. The summed E-state index contributed by atoms with van der Waals surface area (Å²) < 4.78 is 0. The number of hydrogen-bond acceptors (Lipinski definition) is 7. The maximum Gasteiger partial charge on any atom is 0.326 e. The summed E-state index contributed by atoms with van der Waals surface area (Å²) in [5.74, 6) is -3.67. The number of carbonyl (C=O) groups is 3. The minimum atomic E-state index is -1.48. The highest BCUT2D eigenvalue weighted by atomic mass is 16.4. The minimum Gasteiger partial charge on any atom is -0.508 e. The zero-order valence-electron chi connectivity index (χ0n) is 18.5. The molecule has 3 rings (SSSR count). The first-order valence-electron chi connectivity index (χ1n) is 10.6. The van der Waals surface area contributed by atoms with Crippen molar-refractivity contribution in [3.8, 4) is 17.2 Å². The number of aliphatic carboxylic acids is 1. The van der Waals surface area contributed by atoms with E-state index in [4.69, 9.17) is 5.73 Å². The number of amides is 2. The number of phenols is 3. The number of carbonyl (C=O) groups excluding carboxylic acids is 2. The Bertz CT molecular complexity index is 1180. The topological polar surface area (TPSA) is 182 Å². The van der Waals surface area contributed by atoms with Gasteiger partial charge in [0.2, 0.25) is 11.8 Å². The average Bonchev–Trinajstić information content (AvgIpc) is 2.82. The number of rotatable bonds is 9. The van der Waals surface area contributed by atoms with Crippen LogP contribution < -0.4 is 16.4 Å². The van der Waals surface area contributed by atoms with E-state index < -0.39 is 35.9 Å². The number of carboxylic acid groups (broad SMARTS) is 1. The fourth-order valence-corrected chi connectivity index (χ4v) is 3.45. The quantitative estimate of drug-likeness (QED) is 0.241. The second kappa shape index (κ2) is 11.0. The summed E-state index contributed by atoms with van der Waals surface area (Å²) in [4.78, 5) is 37.9. The van der Waals surface area contributed by atoms with Gasteiger partial charge in [0.25, 0.3) is 0 Å². The molecule has 10 heteroatoms. The standard InChI is InChI=1S/C25H25N3O7/c26-21(15-4-2-1-3-5-15)23(32)28-22(16-11-18(30)13-19(31)12-16)24(33)27-20(25(34)35)10-14-6-8-17(29)9-7-14/h1-9,11-13,20-22,29-31H,10,26H2,(H,27,33)(H,28,32)(H,34,35)/t20-,21+,22-/m0/s1. The van der Waals surface area contributed by atoms with Gasteiger partial charge in [-0.1, -0.05) is 42.5 Å². The lowest BCUT2D eigenvalue weighted by atomic mass is 10.0. The Morgan fingerprint density at radius 2 is 1.34 bits per heavy atom. The van der Waals surface area contributed by atoms with E-state index in [9.17, 15) is 34.8 Å². The molecule has 3 atom stereocenters. The predicted octanol–water partition coefficient (Wildman–Crippen LogP) is 1.47. The molecule has 10 nitrogen and oxygen atoms in total. The van der Waals surface area contributed by atoms with Gasteiger partial charge in [-0.2, -0.15) is 0 Å². The van der Waals surface area contributed by atoms with Crippen molar-refractivity contribution in [2.75, 3.05) is 0 Å². The average molecular weight is 479 g/mol. The van der Waals surface area contributed by atoms with Crippen molar-refractivity contribution >= 4 is 17.8 Å². The Morgan fingerprint density at radius 1 is 0.743 bits per heavy atom. The van der Waals surface area contributed by atoms with Crippen LogP contribution in [-0.4, -0.2) is 44.3 Å².